The first-order valence-corrected chi connectivity index (χ1v) is 8.80. The molecule has 6 nitrogen and oxygen atoms in total. The van der Waals surface area contributed by atoms with Gasteiger partial charge in [0, 0.05) is 23.5 Å². The zero-order chi connectivity index (χ0) is 18.6. The van der Waals surface area contributed by atoms with Crippen molar-refractivity contribution in [3.8, 4) is 0 Å². The van der Waals surface area contributed by atoms with Gasteiger partial charge in [0.05, 0.1) is 12.6 Å². The fourth-order valence-corrected chi connectivity index (χ4v) is 2.99. The smallest absolute Gasteiger partial charge is 0.319 e. The largest absolute Gasteiger partial charge is 0.459 e. The minimum atomic E-state index is -0.282. The molecule has 6 heteroatoms. The number of urea groups is 1. The number of nitrogens with one attached hydrogen (secondary N) is 2. The van der Waals surface area contributed by atoms with E-state index in [-0.39, 0.29) is 12.1 Å². The van der Waals surface area contributed by atoms with Crippen LogP contribution >= 0.6 is 0 Å². The van der Waals surface area contributed by atoms with Crippen LogP contribution in [0.3, 0.4) is 0 Å². The maximum absolute atomic E-state index is 12.5. The number of amides is 2. The lowest BCUT2D eigenvalue weighted by molar-refractivity contribution is 0.248. The third-order valence-electron chi connectivity index (χ3n) is 4.38. The topological polar surface area (TPSA) is 72.1 Å². The van der Waals surface area contributed by atoms with E-state index in [4.69, 9.17) is 4.42 Å². The van der Waals surface area contributed by atoms with Gasteiger partial charge in [0.1, 0.15) is 11.3 Å². The average Bonchev–Trinajstić information content (AvgIpc) is 3.32. The Morgan fingerprint density at radius 2 is 1.96 bits per heavy atom. The van der Waals surface area contributed by atoms with E-state index in [1.165, 1.54) is 0 Å². The van der Waals surface area contributed by atoms with E-state index in [9.17, 15) is 4.79 Å². The van der Waals surface area contributed by atoms with Crippen molar-refractivity contribution in [1.82, 2.24) is 15.1 Å². The second kappa shape index (κ2) is 7.37. The van der Waals surface area contributed by atoms with Crippen LogP contribution in [0.4, 0.5) is 10.5 Å². The van der Waals surface area contributed by atoms with Crippen LogP contribution in [0.25, 0.3) is 11.0 Å². The van der Waals surface area contributed by atoms with Crippen LogP contribution in [0.1, 0.15) is 24.3 Å². The second-order valence-corrected chi connectivity index (χ2v) is 6.37. The number of nitrogens with zero attached hydrogens (tertiary/aromatic N) is 2. The molecule has 2 aromatic heterocycles. The highest BCUT2D eigenvalue weighted by atomic mass is 16.3. The zero-order valence-corrected chi connectivity index (χ0v) is 14.9. The lowest BCUT2D eigenvalue weighted by Gasteiger charge is -2.15. The van der Waals surface area contributed by atoms with Gasteiger partial charge < -0.3 is 15.1 Å². The lowest BCUT2D eigenvalue weighted by Crippen LogP contribution is -2.31. The van der Waals surface area contributed by atoms with E-state index in [0.29, 0.717) is 6.54 Å². The van der Waals surface area contributed by atoms with E-state index < -0.39 is 0 Å². The van der Waals surface area contributed by atoms with Crippen molar-refractivity contribution in [2.45, 2.75) is 19.5 Å². The minimum Gasteiger partial charge on any atom is -0.459 e. The molecule has 136 valence electrons. The first kappa shape index (κ1) is 16.9. The Balaban J connectivity index is 1.44. The molecular formula is C21H20N4O2. The van der Waals surface area contributed by atoms with Crippen LogP contribution < -0.4 is 10.6 Å². The Kier molecular flexibility index (Phi) is 4.61. The molecule has 0 fully saturated rings. The zero-order valence-electron chi connectivity index (χ0n) is 14.9. The molecule has 0 saturated heterocycles. The molecule has 2 heterocycles. The molecule has 0 aliphatic rings. The molecule has 4 aromatic rings. The SMILES string of the molecule is CC(NC(=O)Nc1ccccc1Cn1cccn1)c1cc2ccccc2o1. The van der Waals surface area contributed by atoms with Crippen molar-refractivity contribution in [3.05, 3.63) is 84.4 Å². The standard InChI is InChI=1S/C21H20N4O2/c1-15(20-13-16-7-3-5-10-19(16)27-20)23-21(26)24-18-9-4-2-8-17(18)14-25-12-6-11-22-25/h2-13,15H,14H2,1H3,(H2,23,24,26). The third-order valence-corrected chi connectivity index (χ3v) is 4.38. The van der Waals surface area contributed by atoms with E-state index in [0.717, 1.165) is 28.0 Å². The first-order valence-electron chi connectivity index (χ1n) is 8.80. The molecule has 0 bridgehead atoms. The number of anilines is 1. The molecule has 0 spiro atoms. The molecule has 1 unspecified atom stereocenters. The predicted octanol–water partition coefficient (Wildman–Crippen LogP) is 4.56. The molecule has 0 radical (unpaired) electrons. The van der Waals surface area contributed by atoms with Crippen molar-refractivity contribution in [2.75, 3.05) is 5.32 Å². The number of carbonyl (C=O) groups excluding carboxylic acids is 1. The summed E-state index contributed by atoms with van der Waals surface area (Å²) in [6.07, 6.45) is 3.62. The predicted molar refractivity (Wildman–Crippen MR) is 105 cm³/mol. The summed E-state index contributed by atoms with van der Waals surface area (Å²) in [5.74, 6) is 0.719. The fraction of sp³-hybridized carbons (Fsp3) is 0.143. The van der Waals surface area contributed by atoms with E-state index in [1.807, 2.05) is 78.5 Å². The van der Waals surface area contributed by atoms with Crippen molar-refractivity contribution < 1.29 is 9.21 Å². The van der Waals surface area contributed by atoms with Crippen LogP contribution in [0, 0.1) is 0 Å². The Hall–Kier alpha value is -3.54. The van der Waals surface area contributed by atoms with Gasteiger partial charge in [-0.25, -0.2) is 4.79 Å². The number of aromatic nitrogens is 2. The van der Waals surface area contributed by atoms with E-state index >= 15 is 0 Å². The van der Waals surface area contributed by atoms with Gasteiger partial charge in [-0.05, 0) is 36.8 Å². The van der Waals surface area contributed by atoms with Crippen LogP contribution in [-0.4, -0.2) is 15.8 Å². The van der Waals surface area contributed by atoms with Crippen LogP contribution in [0.5, 0.6) is 0 Å². The monoisotopic (exact) mass is 360 g/mol. The summed E-state index contributed by atoms with van der Waals surface area (Å²) in [6, 6.07) is 18.8. The Morgan fingerprint density at radius 3 is 2.78 bits per heavy atom. The van der Waals surface area contributed by atoms with Crippen LogP contribution in [0.15, 0.2) is 77.5 Å². The number of hydrogen-bond acceptors (Lipinski definition) is 3. The van der Waals surface area contributed by atoms with Crippen molar-refractivity contribution in [3.63, 3.8) is 0 Å². The van der Waals surface area contributed by atoms with Gasteiger partial charge in [-0.3, -0.25) is 4.68 Å². The fourth-order valence-electron chi connectivity index (χ4n) is 2.99. The minimum absolute atomic E-state index is 0.254. The van der Waals surface area contributed by atoms with Gasteiger partial charge >= 0.3 is 6.03 Å². The van der Waals surface area contributed by atoms with Crippen molar-refractivity contribution in [2.24, 2.45) is 0 Å². The molecular weight excluding hydrogens is 340 g/mol. The summed E-state index contributed by atoms with van der Waals surface area (Å²) in [6.45, 7) is 2.48. The molecule has 2 aromatic carbocycles. The van der Waals surface area contributed by atoms with Crippen LogP contribution in [0.2, 0.25) is 0 Å². The van der Waals surface area contributed by atoms with Gasteiger partial charge in [-0.1, -0.05) is 36.4 Å². The highest BCUT2D eigenvalue weighted by molar-refractivity contribution is 5.90. The number of para-hydroxylation sites is 2. The van der Waals surface area contributed by atoms with Crippen LogP contribution in [-0.2, 0) is 6.54 Å². The van der Waals surface area contributed by atoms with Gasteiger partial charge in [-0.15, -0.1) is 0 Å². The average molecular weight is 360 g/mol. The molecule has 27 heavy (non-hydrogen) atoms. The number of carbonyl (C=O) groups is 1. The van der Waals surface area contributed by atoms with Crippen molar-refractivity contribution >= 4 is 22.7 Å². The third kappa shape index (κ3) is 3.84. The maximum Gasteiger partial charge on any atom is 0.319 e. The molecule has 4 rings (SSSR count). The first-order chi connectivity index (χ1) is 13.2. The highest BCUT2D eigenvalue weighted by Crippen LogP contribution is 2.24. The summed E-state index contributed by atoms with van der Waals surface area (Å²) < 4.78 is 7.64. The number of furan rings is 1. The summed E-state index contributed by atoms with van der Waals surface area (Å²) >= 11 is 0. The van der Waals surface area contributed by atoms with E-state index in [1.54, 1.807) is 6.20 Å². The number of rotatable bonds is 5. The second-order valence-electron chi connectivity index (χ2n) is 6.37. The summed E-state index contributed by atoms with van der Waals surface area (Å²) in [5, 5.41) is 11.1. The lowest BCUT2D eigenvalue weighted by atomic mass is 10.2. The number of benzene rings is 2. The Labute approximate surface area is 156 Å². The van der Waals surface area contributed by atoms with Gasteiger partial charge in [0.2, 0.25) is 0 Å². The summed E-state index contributed by atoms with van der Waals surface area (Å²) in [7, 11) is 0. The van der Waals surface area contributed by atoms with Gasteiger partial charge in [0.15, 0.2) is 0 Å². The Morgan fingerprint density at radius 1 is 1.15 bits per heavy atom. The van der Waals surface area contributed by atoms with Gasteiger partial charge in [-0.2, -0.15) is 5.10 Å². The van der Waals surface area contributed by atoms with Gasteiger partial charge in [0.25, 0.3) is 0 Å². The van der Waals surface area contributed by atoms with Crippen molar-refractivity contribution in [1.29, 1.82) is 0 Å². The molecule has 2 N–H and O–H groups in total. The number of fused-ring (bicyclic) bond motifs is 1. The Bertz CT molecular complexity index is 1020. The summed E-state index contributed by atoms with van der Waals surface area (Å²) in [5.41, 5.74) is 2.54. The molecule has 0 aliphatic carbocycles. The molecule has 0 aliphatic heterocycles. The highest BCUT2D eigenvalue weighted by Gasteiger charge is 2.15. The molecule has 0 saturated carbocycles. The molecule has 2 amide bonds. The normalized spacial score (nSPS) is 12.0. The summed E-state index contributed by atoms with van der Waals surface area (Å²) in [4.78, 5) is 12.5. The molecule has 1 atom stereocenters. The maximum atomic E-state index is 12.5. The van der Waals surface area contributed by atoms with E-state index in [2.05, 4.69) is 15.7 Å². The quantitative estimate of drug-likeness (QED) is 0.548. The number of hydrogen-bond donors (Lipinski definition) is 2.